The molecule has 7 nitrogen and oxygen atoms in total. The van der Waals surface area contributed by atoms with E-state index in [1.807, 2.05) is 6.07 Å². The van der Waals surface area contributed by atoms with Crippen molar-refractivity contribution in [1.29, 1.82) is 0 Å². The number of pyridine rings is 2. The van der Waals surface area contributed by atoms with Gasteiger partial charge in [-0.3, -0.25) is 4.79 Å². The number of fused-ring (bicyclic) bond motifs is 5. The molecule has 3 aromatic rings. The van der Waals surface area contributed by atoms with Crippen LogP contribution in [0.25, 0.3) is 22.3 Å². The maximum absolute atomic E-state index is 14.6. The SMILES string of the molecule is Cc1c(F)cc2nc3c(cc2c1CCCCO)Cn1c-3cc2c(c1=O)COC(=O)[C@H]2O. The first-order valence-corrected chi connectivity index (χ1v) is 10.2. The van der Waals surface area contributed by atoms with Gasteiger partial charge in [-0.1, -0.05) is 0 Å². The number of aliphatic hydroxyl groups excluding tert-OH is 2. The Morgan fingerprint density at radius 3 is 2.84 bits per heavy atom. The van der Waals surface area contributed by atoms with Gasteiger partial charge in [0.25, 0.3) is 5.56 Å². The van der Waals surface area contributed by atoms with Gasteiger partial charge in [-0.25, -0.2) is 14.2 Å². The highest BCUT2D eigenvalue weighted by Crippen LogP contribution is 2.37. The number of carbonyl (C=O) groups excluding carboxylic acids is 1. The van der Waals surface area contributed by atoms with E-state index in [1.165, 1.54) is 6.07 Å². The monoisotopic (exact) mass is 424 g/mol. The third kappa shape index (κ3) is 2.97. The van der Waals surface area contributed by atoms with Gasteiger partial charge in [-0.2, -0.15) is 0 Å². The van der Waals surface area contributed by atoms with Gasteiger partial charge >= 0.3 is 5.97 Å². The van der Waals surface area contributed by atoms with Crippen LogP contribution in [0, 0.1) is 12.7 Å². The molecule has 4 heterocycles. The van der Waals surface area contributed by atoms with Crippen LogP contribution >= 0.6 is 0 Å². The van der Waals surface area contributed by atoms with Crippen molar-refractivity contribution in [3.8, 4) is 11.4 Å². The molecule has 160 valence electrons. The van der Waals surface area contributed by atoms with Gasteiger partial charge in [-0.05, 0) is 49.4 Å². The molecule has 5 rings (SSSR count). The highest BCUT2D eigenvalue weighted by atomic mass is 19.1. The molecule has 1 aromatic carbocycles. The number of aryl methyl sites for hydroxylation is 1. The number of aliphatic hydroxyl groups is 2. The smallest absolute Gasteiger partial charge is 0.340 e. The summed E-state index contributed by atoms with van der Waals surface area (Å²) in [6.07, 6.45) is 0.468. The number of ether oxygens (including phenoxy) is 1. The topological polar surface area (TPSA) is 102 Å². The molecule has 0 aliphatic carbocycles. The number of hydrogen-bond acceptors (Lipinski definition) is 6. The highest BCUT2D eigenvalue weighted by molar-refractivity contribution is 5.88. The molecule has 2 aliphatic heterocycles. The van der Waals surface area contributed by atoms with Crippen molar-refractivity contribution < 1.29 is 24.1 Å². The summed E-state index contributed by atoms with van der Waals surface area (Å²) < 4.78 is 21.1. The first-order valence-electron chi connectivity index (χ1n) is 10.2. The Kier molecular flexibility index (Phi) is 4.64. The third-order valence-corrected chi connectivity index (χ3v) is 6.25. The molecular formula is C23H21FN2O5. The Morgan fingerprint density at radius 1 is 1.26 bits per heavy atom. The molecule has 0 radical (unpaired) electrons. The van der Waals surface area contributed by atoms with Gasteiger partial charge < -0.3 is 19.5 Å². The minimum absolute atomic E-state index is 0.0842. The van der Waals surface area contributed by atoms with Crippen molar-refractivity contribution in [2.75, 3.05) is 6.61 Å². The lowest BCUT2D eigenvalue weighted by Gasteiger charge is -2.21. The third-order valence-electron chi connectivity index (χ3n) is 6.25. The number of cyclic esters (lactones) is 1. The number of aromatic nitrogens is 2. The van der Waals surface area contributed by atoms with Crippen LogP contribution in [-0.4, -0.2) is 32.3 Å². The Balaban J connectivity index is 1.69. The zero-order chi connectivity index (χ0) is 21.9. The normalized spacial score (nSPS) is 16.8. The van der Waals surface area contributed by atoms with Crippen LogP contribution < -0.4 is 5.56 Å². The molecular weight excluding hydrogens is 403 g/mol. The Bertz CT molecular complexity index is 1310. The Labute approximate surface area is 176 Å². The number of halogens is 1. The molecule has 2 aliphatic rings. The molecule has 0 saturated heterocycles. The predicted molar refractivity (Wildman–Crippen MR) is 110 cm³/mol. The minimum atomic E-state index is -1.51. The van der Waals surface area contributed by atoms with Gasteiger partial charge in [0.2, 0.25) is 0 Å². The number of hydrogen-bond donors (Lipinski definition) is 2. The quantitative estimate of drug-likeness (QED) is 0.385. The minimum Gasteiger partial charge on any atom is -0.458 e. The summed E-state index contributed by atoms with van der Waals surface area (Å²) in [5.74, 6) is -1.13. The fraction of sp³-hybridized carbons (Fsp3) is 0.348. The van der Waals surface area contributed by atoms with Crippen LogP contribution in [0.4, 0.5) is 4.39 Å². The summed E-state index contributed by atoms with van der Waals surface area (Å²) in [7, 11) is 0. The van der Waals surface area contributed by atoms with E-state index in [4.69, 9.17) is 9.84 Å². The summed E-state index contributed by atoms with van der Waals surface area (Å²) in [5.41, 5.74) is 3.95. The van der Waals surface area contributed by atoms with Gasteiger partial charge in [-0.15, -0.1) is 0 Å². The predicted octanol–water partition coefficient (Wildman–Crippen LogP) is 2.28. The van der Waals surface area contributed by atoms with E-state index in [1.54, 1.807) is 17.6 Å². The van der Waals surface area contributed by atoms with E-state index >= 15 is 0 Å². The largest absolute Gasteiger partial charge is 0.458 e. The molecule has 31 heavy (non-hydrogen) atoms. The summed E-state index contributed by atoms with van der Waals surface area (Å²) in [6, 6.07) is 4.95. The van der Waals surface area contributed by atoms with E-state index in [9.17, 15) is 19.1 Å². The summed E-state index contributed by atoms with van der Waals surface area (Å²) >= 11 is 0. The first-order chi connectivity index (χ1) is 14.9. The van der Waals surface area contributed by atoms with E-state index in [0.717, 1.165) is 22.9 Å². The average Bonchev–Trinajstić information content (AvgIpc) is 3.11. The lowest BCUT2D eigenvalue weighted by Crippen LogP contribution is -2.32. The molecule has 1 atom stereocenters. The van der Waals surface area contributed by atoms with Crippen LogP contribution in [0.5, 0.6) is 0 Å². The standard InChI is InChI=1S/C23H21FN2O5/c1-11-13(4-2-3-5-27)14-6-12-9-26-19(20(12)25-18(14)8-17(11)24)7-15-16(22(26)29)10-31-23(30)21(15)28/h6-8,21,27-28H,2-5,9-10H2,1H3/t21-/m0/s1. The second kappa shape index (κ2) is 7.25. The number of carbonyl (C=O) groups is 1. The van der Waals surface area contributed by atoms with Gasteiger partial charge in [0.05, 0.1) is 29.0 Å². The highest BCUT2D eigenvalue weighted by Gasteiger charge is 2.33. The number of unbranched alkanes of at least 4 members (excludes halogenated alkanes) is 1. The van der Waals surface area contributed by atoms with Crippen LogP contribution in [0.3, 0.4) is 0 Å². The zero-order valence-corrected chi connectivity index (χ0v) is 16.9. The fourth-order valence-corrected chi connectivity index (χ4v) is 4.54. The average molecular weight is 424 g/mol. The second-order valence-corrected chi connectivity index (χ2v) is 8.07. The van der Waals surface area contributed by atoms with Gasteiger partial charge in [0, 0.05) is 29.2 Å². The van der Waals surface area contributed by atoms with Gasteiger partial charge in [0.1, 0.15) is 12.4 Å². The van der Waals surface area contributed by atoms with E-state index in [-0.39, 0.29) is 35.7 Å². The van der Waals surface area contributed by atoms with Crippen LogP contribution in [0.2, 0.25) is 0 Å². The van der Waals surface area contributed by atoms with Gasteiger partial charge in [0.15, 0.2) is 6.10 Å². The fourth-order valence-electron chi connectivity index (χ4n) is 4.54. The summed E-state index contributed by atoms with van der Waals surface area (Å²) in [6.45, 7) is 1.95. The maximum atomic E-state index is 14.6. The van der Waals surface area contributed by atoms with Crippen molar-refractivity contribution >= 4 is 16.9 Å². The van der Waals surface area contributed by atoms with Crippen molar-refractivity contribution in [1.82, 2.24) is 9.55 Å². The van der Waals surface area contributed by atoms with E-state index in [2.05, 4.69) is 4.98 Å². The molecule has 0 unspecified atom stereocenters. The molecule has 0 bridgehead atoms. The van der Waals surface area contributed by atoms with Crippen LogP contribution in [0.15, 0.2) is 23.0 Å². The maximum Gasteiger partial charge on any atom is 0.340 e. The molecule has 0 amide bonds. The molecule has 0 spiro atoms. The Morgan fingerprint density at radius 2 is 2.06 bits per heavy atom. The van der Waals surface area contributed by atoms with Crippen molar-refractivity contribution in [3.63, 3.8) is 0 Å². The second-order valence-electron chi connectivity index (χ2n) is 8.07. The lowest BCUT2D eigenvalue weighted by atomic mass is 9.95. The Hall–Kier alpha value is -3.10. The first kappa shape index (κ1) is 19.8. The molecule has 8 heteroatoms. The number of rotatable bonds is 4. The summed E-state index contributed by atoms with van der Waals surface area (Å²) in [4.78, 5) is 29.4. The van der Waals surface area contributed by atoms with Crippen LogP contribution in [-0.2, 0) is 29.1 Å². The van der Waals surface area contributed by atoms with Crippen LogP contribution in [0.1, 0.15) is 46.8 Å². The molecule has 0 fully saturated rings. The number of esters is 1. The zero-order valence-electron chi connectivity index (χ0n) is 16.9. The van der Waals surface area contributed by atoms with E-state index in [0.29, 0.717) is 41.9 Å². The van der Waals surface area contributed by atoms with Crippen molar-refractivity contribution in [2.45, 2.75) is 45.4 Å². The van der Waals surface area contributed by atoms with E-state index < -0.39 is 12.1 Å². The lowest BCUT2D eigenvalue weighted by molar-refractivity contribution is -0.157. The number of benzene rings is 1. The summed E-state index contributed by atoms with van der Waals surface area (Å²) in [5, 5.41) is 20.1. The molecule has 2 N–H and O–H groups in total. The van der Waals surface area contributed by atoms with Crippen molar-refractivity contribution in [3.05, 3.63) is 62.2 Å². The molecule has 0 saturated carbocycles. The molecule has 2 aromatic heterocycles. The van der Waals surface area contributed by atoms with Crippen molar-refractivity contribution in [2.24, 2.45) is 0 Å². The number of nitrogens with zero attached hydrogens (tertiary/aromatic N) is 2.